The van der Waals surface area contributed by atoms with Gasteiger partial charge in [0, 0.05) is 24.9 Å². The maximum atomic E-state index is 11.6. The average molecular weight is 337 g/mol. The van der Waals surface area contributed by atoms with Crippen molar-refractivity contribution in [1.82, 2.24) is 9.97 Å². The predicted octanol–water partition coefficient (Wildman–Crippen LogP) is 3.10. The lowest BCUT2D eigenvalue weighted by Gasteiger charge is -2.11. The van der Waals surface area contributed by atoms with Gasteiger partial charge in [-0.3, -0.25) is 9.78 Å². The van der Waals surface area contributed by atoms with E-state index in [0.29, 0.717) is 12.4 Å². The van der Waals surface area contributed by atoms with Crippen LogP contribution in [0.3, 0.4) is 0 Å². The van der Waals surface area contributed by atoms with E-state index in [9.17, 15) is 4.79 Å². The third-order valence-electron chi connectivity index (χ3n) is 3.71. The molecule has 1 N–H and O–H groups in total. The van der Waals surface area contributed by atoms with Crippen LogP contribution in [-0.2, 0) is 16.1 Å². The van der Waals surface area contributed by atoms with Gasteiger partial charge in [-0.15, -0.1) is 0 Å². The number of hydrogen-bond acceptors (Lipinski definition) is 5. The van der Waals surface area contributed by atoms with Gasteiger partial charge in [0.25, 0.3) is 5.91 Å². The average Bonchev–Trinajstić information content (AvgIpc) is 2.62. The zero-order chi connectivity index (χ0) is 17.6. The Morgan fingerprint density at radius 2 is 2.04 bits per heavy atom. The Kier molecular flexibility index (Phi) is 5.20. The molecule has 1 aromatic carbocycles. The van der Waals surface area contributed by atoms with Gasteiger partial charge in [-0.25, -0.2) is 4.98 Å². The molecule has 0 aliphatic rings. The van der Waals surface area contributed by atoms with Crippen LogP contribution in [0.5, 0.6) is 5.75 Å². The normalized spacial score (nSPS) is 10.6. The number of carbonyl (C=O) groups excluding carboxylic acids is 1. The Balaban J connectivity index is 1.74. The number of nitrogens with one attached hydrogen (secondary N) is 1. The zero-order valence-corrected chi connectivity index (χ0v) is 14.2. The molecule has 3 aromatic rings. The Morgan fingerprint density at radius 3 is 2.88 bits per heavy atom. The highest BCUT2D eigenvalue weighted by atomic mass is 16.5. The molecule has 0 aliphatic heterocycles. The highest BCUT2D eigenvalue weighted by molar-refractivity contribution is 5.90. The monoisotopic (exact) mass is 337 g/mol. The zero-order valence-electron chi connectivity index (χ0n) is 14.2. The Morgan fingerprint density at radius 1 is 1.16 bits per heavy atom. The number of aromatic nitrogens is 2. The molecule has 2 heterocycles. The van der Waals surface area contributed by atoms with E-state index < -0.39 is 0 Å². The molecular weight excluding hydrogens is 318 g/mol. The van der Waals surface area contributed by atoms with Gasteiger partial charge in [0.2, 0.25) is 0 Å². The number of amides is 1. The number of aryl methyl sites for hydroxylation is 1. The number of rotatable bonds is 6. The van der Waals surface area contributed by atoms with E-state index in [2.05, 4.69) is 15.3 Å². The van der Waals surface area contributed by atoms with Crippen LogP contribution in [-0.4, -0.2) is 29.6 Å². The number of pyridine rings is 2. The van der Waals surface area contributed by atoms with Crippen molar-refractivity contribution in [3.05, 3.63) is 59.9 Å². The van der Waals surface area contributed by atoms with Gasteiger partial charge in [-0.1, -0.05) is 12.1 Å². The molecule has 0 atom stereocenters. The van der Waals surface area contributed by atoms with Crippen molar-refractivity contribution in [2.45, 2.75) is 13.5 Å². The molecule has 0 fully saturated rings. The van der Waals surface area contributed by atoms with Crippen LogP contribution in [0.1, 0.15) is 11.1 Å². The first-order valence-corrected chi connectivity index (χ1v) is 7.88. The third kappa shape index (κ3) is 4.10. The summed E-state index contributed by atoms with van der Waals surface area (Å²) in [5.74, 6) is 0.944. The summed E-state index contributed by atoms with van der Waals surface area (Å²) in [6.07, 6.45) is 3.39. The van der Waals surface area contributed by atoms with E-state index in [-0.39, 0.29) is 12.5 Å². The molecule has 0 bridgehead atoms. The van der Waals surface area contributed by atoms with Crippen molar-refractivity contribution < 1.29 is 14.3 Å². The molecule has 0 unspecified atom stereocenters. The third-order valence-corrected chi connectivity index (χ3v) is 3.71. The highest BCUT2D eigenvalue weighted by Gasteiger charge is 2.07. The van der Waals surface area contributed by atoms with Crippen LogP contribution in [0, 0.1) is 6.92 Å². The number of hydrogen-bond donors (Lipinski definition) is 1. The minimum atomic E-state index is -0.248. The number of ether oxygens (including phenoxy) is 2. The summed E-state index contributed by atoms with van der Waals surface area (Å²) in [5.41, 5.74) is 2.89. The van der Waals surface area contributed by atoms with E-state index in [1.165, 1.54) is 7.11 Å². The maximum Gasteiger partial charge on any atom is 0.251 e. The second-order valence-electron chi connectivity index (χ2n) is 5.60. The highest BCUT2D eigenvalue weighted by Crippen LogP contribution is 2.27. The van der Waals surface area contributed by atoms with Crippen molar-refractivity contribution in [3.8, 4) is 5.75 Å². The van der Waals surface area contributed by atoms with Gasteiger partial charge in [-0.2, -0.15) is 0 Å². The van der Waals surface area contributed by atoms with Gasteiger partial charge in [0.15, 0.2) is 0 Å². The fraction of sp³-hybridized carbons (Fsp3) is 0.211. The number of anilines is 1. The van der Waals surface area contributed by atoms with Gasteiger partial charge in [0.1, 0.15) is 30.3 Å². The largest absolute Gasteiger partial charge is 0.487 e. The summed E-state index contributed by atoms with van der Waals surface area (Å²) in [7, 11) is 1.47. The molecule has 2 aromatic heterocycles. The summed E-state index contributed by atoms with van der Waals surface area (Å²) >= 11 is 0. The van der Waals surface area contributed by atoms with Crippen molar-refractivity contribution in [3.63, 3.8) is 0 Å². The molecule has 0 saturated heterocycles. The lowest BCUT2D eigenvalue weighted by atomic mass is 10.1. The van der Waals surface area contributed by atoms with Crippen LogP contribution in [0.25, 0.3) is 10.9 Å². The second kappa shape index (κ2) is 7.72. The van der Waals surface area contributed by atoms with E-state index in [0.717, 1.165) is 27.8 Å². The summed E-state index contributed by atoms with van der Waals surface area (Å²) in [6.45, 7) is 2.39. The quantitative estimate of drug-likeness (QED) is 0.748. The molecular formula is C19H19N3O3. The van der Waals surface area contributed by atoms with E-state index in [4.69, 9.17) is 9.47 Å². The van der Waals surface area contributed by atoms with E-state index in [1.807, 2.05) is 37.3 Å². The smallest absolute Gasteiger partial charge is 0.251 e. The summed E-state index contributed by atoms with van der Waals surface area (Å²) in [5, 5.41) is 3.75. The summed E-state index contributed by atoms with van der Waals surface area (Å²) in [6, 6.07) is 11.5. The Labute approximate surface area is 145 Å². The van der Waals surface area contributed by atoms with Crippen LogP contribution in [0.2, 0.25) is 0 Å². The van der Waals surface area contributed by atoms with Crippen LogP contribution < -0.4 is 10.1 Å². The molecule has 0 saturated carbocycles. The first-order chi connectivity index (χ1) is 12.2. The minimum Gasteiger partial charge on any atom is -0.487 e. The van der Waals surface area contributed by atoms with Crippen LogP contribution in [0.15, 0.2) is 48.8 Å². The maximum absolute atomic E-state index is 11.6. The lowest BCUT2D eigenvalue weighted by molar-refractivity contribution is -0.119. The molecule has 0 aliphatic carbocycles. The molecule has 0 spiro atoms. The minimum absolute atomic E-state index is 0.0105. The van der Waals surface area contributed by atoms with Crippen LogP contribution >= 0.6 is 0 Å². The molecule has 0 radical (unpaired) electrons. The number of benzene rings is 1. The topological polar surface area (TPSA) is 73.3 Å². The fourth-order valence-corrected chi connectivity index (χ4v) is 2.51. The Hall–Kier alpha value is -2.99. The van der Waals surface area contributed by atoms with E-state index in [1.54, 1.807) is 18.5 Å². The number of nitrogens with zero attached hydrogens (tertiary/aromatic N) is 2. The SMILES string of the molecule is COCC(=O)Nc1cc(COc2ccc(C)c3cccnc23)ccn1. The van der Waals surface area contributed by atoms with Crippen molar-refractivity contribution >= 4 is 22.6 Å². The molecule has 1 amide bonds. The summed E-state index contributed by atoms with van der Waals surface area (Å²) < 4.78 is 10.7. The van der Waals surface area contributed by atoms with Gasteiger partial charge in [0.05, 0.1) is 0 Å². The first kappa shape index (κ1) is 16.9. The lowest BCUT2D eigenvalue weighted by Crippen LogP contribution is -2.18. The van der Waals surface area contributed by atoms with Gasteiger partial charge >= 0.3 is 0 Å². The number of methoxy groups -OCH3 is 1. The first-order valence-electron chi connectivity index (χ1n) is 7.88. The van der Waals surface area contributed by atoms with Crippen LogP contribution in [0.4, 0.5) is 5.82 Å². The molecule has 6 heteroatoms. The van der Waals surface area contributed by atoms with Crippen molar-refractivity contribution in [1.29, 1.82) is 0 Å². The van der Waals surface area contributed by atoms with Gasteiger partial charge in [-0.05, 0) is 42.3 Å². The molecule has 3 rings (SSSR count). The number of fused-ring (bicyclic) bond motifs is 1. The summed E-state index contributed by atoms with van der Waals surface area (Å²) in [4.78, 5) is 20.1. The van der Waals surface area contributed by atoms with Crippen molar-refractivity contribution in [2.75, 3.05) is 19.0 Å². The Bertz CT molecular complexity index is 896. The van der Waals surface area contributed by atoms with Gasteiger partial charge < -0.3 is 14.8 Å². The second-order valence-corrected chi connectivity index (χ2v) is 5.60. The molecule has 128 valence electrons. The predicted molar refractivity (Wildman–Crippen MR) is 95.6 cm³/mol. The fourth-order valence-electron chi connectivity index (χ4n) is 2.51. The molecule has 6 nitrogen and oxygen atoms in total. The standard InChI is InChI=1S/C19H19N3O3/c1-13-5-6-16(19-15(13)4-3-8-21-19)25-11-14-7-9-20-17(10-14)22-18(23)12-24-2/h3-10H,11-12H2,1-2H3,(H,20,22,23). The van der Waals surface area contributed by atoms with E-state index >= 15 is 0 Å². The van der Waals surface area contributed by atoms with Crippen molar-refractivity contribution in [2.24, 2.45) is 0 Å². The number of carbonyl (C=O) groups is 1. The molecule has 25 heavy (non-hydrogen) atoms.